The zero-order valence-electron chi connectivity index (χ0n) is 10.9. The van der Waals surface area contributed by atoms with Crippen molar-refractivity contribution in [2.75, 3.05) is 11.3 Å². The summed E-state index contributed by atoms with van der Waals surface area (Å²) < 4.78 is 32.8. The van der Waals surface area contributed by atoms with Gasteiger partial charge >= 0.3 is 0 Å². The van der Waals surface area contributed by atoms with Crippen LogP contribution in [-0.2, 0) is 14.8 Å². The molecule has 2 heterocycles. The van der Waals surface area contributed by atoms with E-state index in [0.717, 1.165) is 5.56 Å². The Morgan fingerprint density at radius 3 is 2.80 bits per heavy atom. The van der Waals surface area contributed by atoms with Crippen LogP contribution in [0.4, 0.5) is 5.69 Å². The highest BCUT2D eigenvalue weighted by Gasteiger charge is 2.31. The number of pyridine rings is 1. The first-order chi connectivity index (χ1) is 9.56. The first-order valence-electron chi connectivity index (χ1n) is 6.21. The van der Waals surface area contributed by atoms with Gasteiger partial charge in [-0.15, -0.1) is 0 Å². The van der Waals surface area contributed by atoms with Crippen LogP contribution in [0.5, 0.6) is 0 Å². The van der Waals surface area contributed by atoms with Crippen LogP contribution in [0, 0.1) is 6.92 Å². The number of ether oxygens (including phenoxy) is 1. The summed E-state index contributed by atoms with van der Waals surface area (Å²) in [6.45, 7) is 2.43. The van der Waals surface area contributed by atoms with Crippen molar-refractivity contribution in [1.82, 2.24) is 4.98 Å². The molecule has 1 unspecified atom stereocenters. The first kappa shape index (κ1) is 13.1. The molecule has 1 N–H and O–H groups in total. The van der Waals surface area contributed by atoms with Gasteiger partial charge in [0.2, 0.25) is 0 Å². The molecular weight excluding hydrogens is 276 g/mol. The number of sulfonamides is 1. The van der Waals surface area contributed by atoms with Crippen molar-refractivity contribution >= 4 is 15.7 Å². The van der Waals surface area contributed by atoms with Crippen LogP contribution >= 0.6 is 0 Å². The average molecular weight is 290 g/mol. The molecule has 0 saturated carbocycles. The average Bonchev–Trinajstić information content (AvgIpc) is 3.24. The van der Waals surface area contributed by atoms with Crippen LogP contribution in [0.15, 0.2) is 47.6 Å². The van der Waals surface area contributed by atoms with Crippen molar-refractivity contribution in [2.45, 2.75) is 17.9 Å². The van der Waals surface area contributed by atoms with E-state index in [1.54, 1.807) is 24.4 Å². The van der Waals surface area contributed by atoms with E-state index in [1.807, 2.05) is 19.1 Å². The molecule has 3 rings (SSSR count). The number of hydrogen-bond donors (Lipinski definition) is 1. The smallest absolute Gasteiger partial charge is 0.262 e. The first-order valence-corrected chi connectivity index (χ1v) is 7.69. The minimum Gasteiger partial charge on any atom is -0.368 e. The fraction of sp³-hybridized carbons (Fsp3) is 0.214. The molecule has 1 atom stereocenters. The zero-order chi connectivity index (χ0) is 14.2. The Kier molecular flexibility index (Phi) is 3.19. The molecule has 1 saturated heterocycles. The molecular formula is C14H14N2O3S. The Morgan fingerprint density at radius 1 is 1.35 bits per heavy atom. The number of hydrogen-bond acceptors (Lipinski definition) is 4. The number of rotatable bonds is 4. The van der Waals surface area contributed by atoms with Gasteiger partial charge in [0.15, 0.2) is 0 Å². The van der Waals surface area contributed by atoms with Gasteiger partial charge in [0, 0.05) is 11.8 Å². The summed E-state index contributed by atoms with van der Waals surface area (Å²) in [5.74, 6) is 0. The van der Waals surface area contributed by atoms with E-state index >= 15 is 0 Å². The van der Waals surface area contributed by atoms with Crippen molar-refractivity contribution < 1.29 is 13.2 Å². The third kappa shape index (κ3) is 2.66. The highest BCUT2D eigenvalue weighted by Crippen LogP contribution is 2.35. The van der Waals surface area contributed by atoms with Gasteiger partial charge in [0.25, 0.3) is 10.0 Å². The molecule has 104 valence electrons. The van der Waals surface area contributed by atoms with Crippen LogP contribution in [-0.4, -0.2) is 20.0 Å². The van der Waals surface area contributed by atoms with Gasteiger partial charge in [0.1, 0.15) is 6.10 Å². The molecule has 2 aromatic rings. The fourth-order valence-corrected chi connectivity index (χ4v) is 3.39. The highest BCUT2D eigenvalue weighted by molar-refractivity contribution is 7.92. The Bertz CT molecular complexity index is 725. The second kappa shape index (κ2) is 4.88. The number of aromatic nitrogens is 1. The van der Waals surface area contributed by atoms with E-state index in [-0.39, 0.29) is 11.0 Å². The number of aryl methyl sites for hydroxylation is 1. The summed E-state index contributed by atoms with van der Waals surface area (Å²) in [4.78, 5) is 4.17. The topological polar surface area (TPSA) is 71.6 Å². The molecule has 5 nitrogen and oxygen atoms in total. The molecule has 0 bridgehead atoms. The normalized spacial score (nSPS) is 17.8. The molecule has 0 spiro atoms. The van der Waals surface area contributed by atoms with Crippen LogP contribution < -0.4 is 4.72 Å². The fourth-order valence-electron chi connectivity index (χ4n) is 2.00. The molecule has 6 heteroatoms. The van der Waals surface area contributed by atoms with Gasteiger partial charge in [0.05, 0.1) is 23.4 Å². The predicted octanol–water partition coefficient (Wildman–Crippen LogP) is 2.26. The van der Waals surface area contributed by atoms with Crippen molar-refractivity contribution in [3.8, 4) is 0 Å². The molecule has 1 aliphatic rings. The van der Waals surface area contributed by atoms with Crippen molar-refractivity contribution in [3.63, 3.8) is 0 Å². The van der Waals surface area contributed by atoms with E-state index < -0.39 is 10.0 Å². The quantitative estimate of drug-likeness (QED) is 0.877. The minimum atomic E-state index is -3.64. The maximum Gasteiger partial charge on any atom is 0.262 e. The van der Waals surface area contributed by atoms with Gasteiger partial charge < -0.3 is 4.74 Å². The van der Waals surface area contributed by atoms with E-state index in [9.17, 15) is 8.42 Å². The van der Waals surface area contributed by atoms with Crippen LogP contribution in [0.2, 0.25) is 0 Å². The van der Waals surface area contributed by atoms with E-state index in [0.29, 0.717) is 17.9 Å². The van der Waals surface area contributed by atoms with Crippen molar-refractivity contribution in [1.29, 1.82) is 0 Å². The molecule has 0 radical (unpaired) electrons. The van der Waals surface area contributed by atoms with Crippen molar-refractivity contribution in [3.05, 3.63) is 53.9 Å². The number of nitrogens with one attached hydrogen (secondary N) is 1. The second-order valence-electron chi connectivity index (χ2n) is 4.71. The summed E-state index contributed by atoms with van der Waals surface area (Å²) in [5.41, 5.74) is 2.03. The largest absolute Gasteiger partial charge is 0.368 e. The summed E-state index contributed by atoms with van der Waals surface area (Å²) in [5, 5.41) is 0. The monoisotopic (exact) mass is 290 g/mol. The number of epoxide rings is 1. The summed E-state index contributed by atoms with van der Waals surface area (Å²) in [6.07, 6.45) is 2.95. The highest BCUT2D eigenvalue weighted by atomic mass is 32.2. The SMILES string of the molecule is Cc1ccc(C2CO2)c(S(=O)(=O)Nc2cccnc2)c1. The predicted molar refractivity (Wildman–Crippen MR) is 74.9 cm³/mol. The van der Waals surface area contributed by atoms with E-state index in [4.69, 9.17) is 4.74 Å². The molecule has 1 fully saturated rings. The van der Waals surface area contributed by atoms with Crippen LogP contribution in [0.1, 0.15) is 17.2 Å². The maximum absolute atomic E-state index is 12.5. The number of anilines is 1. The lowest BCUT2D eigenvalue weighted by atomic mass is 10.1. The van der Waals surface area contributed by atoms with Gasteiger partial charge in [-0.05, 0) is 30.7 Å². The standard InChI is InChI=1S/C14H14N2O3S/c1-10-4-5-12(13-9-19-13)14(7-10)20(17,18)16-11-3-2-6-15-8-11/h2-8,13,16H,9H2,1H3. The lowest BCUT2D eigenvalue weighted by Crippen LogP contribution is -2.15. The summed E-state index contributed by atoms with van der Waals surface area (Å²) in [7, 11) is -3.64. The lowest BCUT2D eigenvalue weighted by Gasteiger charge is -2.11. The maximum atomic E-state index is 12.5. The van der Waals surface area contributed by atoms with Crippen LogP contribution in [0.3, 0.4) is 0 Å². The lowest BCUT2D eigenvalue weighted by molar-refractivity contribution is 0.412. The number of benzene rings is 1. The molecule has 0 amide bonds. The van der Waals surface area contributed by atoms with Gasteiger partial charge in [-0.1, -0.05) is 12.1 Å². The molecule has 0 aliphatic carbocycles. The molecule has 1 aromatic heterocycles. The number of nitrogens with zero attached hydrogens (tertiary/aromatic N) is 1. The van der Waals surface area contributed by atoms with E-state index in [1.165, 1.54) is 6.20 Å². The van der Waals surface area contributed by atoms with Gasteiger partial charge in [-0.3, -0.25) is 9.71 Å². The second-order valence-corrected chi connectivity index (χ2v) is 6.36. The molecule has 1 aliphatic heterocycles. The minimum absolute atomic E-state index is 0.115. The van der Waals surface area contributed by atoms with Gasteiger partial charge in [-0.25, -0.2) is 8.42 Å². The van der Waals surface area contributed by atoms with E-state index in [2.05, 4.69) is 9.71 Å². The van der Waals surface area contributed by atoms with Crippen LogP contribution in [0.25, 0.3) is 0 Å². The third-order valence-electron chi connectivity index (χ3n) is 3.05. The Labute approximate surface area is 117 Å². The van der Waals surface area contributed by atoms with Gasteiger partial charge in [-0.2, -0.15) is 0 Å². The van der Waals surface area contributed by atoms with Crippen molar-refractivity contribution in [2.24, 2.45) is 0 Å². The Balaban J connectivity index is 2.00. The summed E-state index contributed by atoms with van der Waals surface area (Å²) >= 11 is 0. The Hall–Kier alpha value is -1.92. The Morgan fingerprint density at radius 2 is 2.15 bits per heavy atom. The third-order valence-corrected chi connectivity index (χ3v) is 4.49. The molecule has 1 aromatic carbocycles. The summed E-state index contributed by atoms with van der Waals surface area (Å²) in [6, 6.07) is 8.70. The molecule has 20 heavy (non-hydrogen) atoms. The zero-order valence-corrected chi connectivity index (χ0v) is 11.7.